The molecule has 2 N–H and O–H groups in total. The first kappa shape index (κ1) is 21.7. The van der Waals surface area contributed by atoms with Gasteiger partial charge in [-0.3, -0.25) is 9.69 Å². The molecule has 0 radical (unpaired) electrons. The van der Waals surface area contributed by atoms with Crippen molar-refractivity contribution < 1.29 is 4.79 Å². The predicted molar refractivity (Wildman–Crippen MR) is 115 cm³/mol. The first-order valence-electron chi connectivity index (χ1n) is 9.81. The Morgan fingerprint density at radius 1 is 1.15 bits per heavy atom. The number of rotatable bonds is 7. The molecule has 27 heavy (non-hydrogen) atoms. The summed E-state index contributed by atoms with van der Waals surface area (Å²) < 4.78 is 0. The van der Waals surface area contributed by atoms with Gasteiger partial charge in [-0.25, -0.2) is 0 Å². The van der Waals surface area contributed by atoms with Crippen LogP contribution in [-0.4, -0.2) is 44.0 Å². The van der Waals surface area contributed by atoms with E-state index >= 15 is 0 Å². The van der Waals surface area contributed by atoms with Gasteiger partial charge in [0.2, 0.25) is 5.91 Å². The van der Waals surface area contributed by atoms with Gasteiger partial charge in [-0.1, -0.05) is 42.5 Å². The first-order chi connectivity index (χ1) is 12.7. The number of piperidine rings is 1. The molecule has 1 saturated heterocycles. The summed E-state index contributed by atoms with van der Waals surface area (Å²) in [6.07, 6.45) is 3.65. The Bertz CT molecular complexity index is 723. The van der Waals surface area contributed by atoms with Crippen LogP contribution in [0.4, 0.5) is 0 Å². The molecule has 1 aliphatic rings. The number of nitrogens with one attached hydrogen (secondary N) is 2. The van der Waals surface area contributed by atoms with Crippen LogP contribution >= 0.6 is 12.4 Å². The van der Waals surface area contributed by atoms with Gasteiger partial charge in [0.15, 0.2) is 0 Å². The number of amides is 1. The van der Waals surface area contributed by atoms with Crippen molar-refractivity contribution in [2.75, 3.05) is 33.2 Å². The van der Waals surface area contributed by atoms with Crippen LogP contribution in [0.2, 0.25) is 0 Å². The number of hydrogen-bond acceptors (Lipinski definition) is 3. The lowest BCUT2D eigenvalue weighted by atomic mass is 9.93. The summed E-state index contributed by atoms with van der Waals surface area (Å²) in [6, 6.07) is 14.7. The summed E-state index contributed by atoms with van der Waals surface area (Å²) in [6.45, 7) is 5.74. The quantitative estimate of drug-likeness (QED) is 0.757. The number of likely N-dealkylation sites (tertiary alicyclic amines) is 1. The first-order valence-corrected chi connectivity index (χ1v) is 9.81. The molecule has 0 spiro atoms. The van der Waals surface area contributed by atoms with Crippen LogP contribution in [0, 0.1) is 5.92 Å². The Labute approximate surface area is 169 Å². The smallest absolute Gasteiger partial charge is 0.234 e. The lowest BCUT2D eigenvalue weighted by Gasteiger charge is -2.31. The minimum absolute atomic E-state index is 0. The van der Waals surface area contributed by atoms with Gasteiger partial charge in [-0.05, 0) is 75.1 Å². The molecular weight excluding hydrogens is 358 g/mol. The van der Waals surface area contributed by atoms with E-state index in [0.29, 0.717) is 6.54 Å². The Kier molecular flexibility index (Phi) is 8.55. The highest BCUT2D eigenvalue weighted by Gasteiger charge is 2.21. The van der Waals surface area contributed by atoms with Crippen molar-refractivity contribution in [3.63, 3.8) is 0 Å². The van der Waals surface area contributed by atoms with Crippen molar-refractivity contribution in [2.24, 2.45) is 5.92 Å². The highest BCUT2D eigenvalue weighted by Crippen LogP contribution is 2.24. The summed E-state index contributed by atoms with van der Waals surface area (Å²) in [5.41, 5.74) is 1.18. The molecule has 2 aromatic carbocycles. The molecule has 5 heteroatoms. The molecule has 1 unspecified atom stereocenters. The fourth-order valence-corrected chi connectivity index (χ4v) is 3.98. The summed E-state index contributed by atoms with van der Waals surface area (Å²) >= 11 is 0. The highest BCUT2D eigenvalue weighted by molar-refractivity contribution is 5.87. The van der Waals surface area contributed by atoms with E-state index in [1.807, 2.05) is 7.05 Å². The molecule has 4 nitrogen and oxygen atoms in total. The van der Waals surface area contributed by atoms with Crippen molar-refractivity contribution in [3.8, 4) is 0 Å². The third-order valence-electron chi connectivity index (χ3n) is 5.54. The van der Waals surface area contributed by atoms with Crippen molar-refractivity contribution in [1.29, 1.82) is 0 Å². The molecule has 0 aromatic heterocycles. The van der Waals surface area contributed by atoms with E-state index in [2.05, 4.69) is 64.9 Å². The maximum Gasteiger partial charge on any atom is 0.234 e. The standard InChI is InChI=1S/C22H31N3O.ClH/c1-17(20-9-5-7-19-6-3-4-8-21(19)20)24-22(26)16-25-14-11-18(12-15-25)10-13-23-2;/h3-9,17-18,23H,10-16H2,1-2H3,(H,24,26);1H. The SMILES string of the molecule is CNCCC1CCN(CC(=O)NC(C)c2cccc3ccccc23)CC1.Cl. The third kappa shape index (κ3) is 5.93. The van der Waals surface area contributed by atoms with Gasteiger partial charge in [0.05, 0.1) is 12.6 Å². The summed E-state index contributed by atoms with van der Waals surface area (Å²) in [4.78, 5) is 14.8. The molecule has 0 bridgehead atoms. The number of carbonyl (C=O) groups excluding carboxylic acids is 1. The second-order valence-corrected chi connectivity index (χ2v) is 7.47. The molecule has 3 rings (SSSR count). The molecule has 0 saturated carbocycles. The van der Waals surface area contributed by atoms with E-state index in [1.54, 1.807) is 0 Å². The van der Waals surface area contributed by atoms with Crippen LogP contribution in [0.15, 0.2) is 42.5 Å². The van der Waals surface area contributed by atoms with Gasteiger partial charge >= 0.3 is 0 Å². The second kappa shape index (κ2) is 10.6. The topological polar surface area (TPSA) is 44.4 Å². The summed E-state index contributed by atoms with van der Waals surface area (Å²) in [7, 11) is 2.01. The van der Waals surface area contributed by atoms with E-state index in [-0.39, 0.29) is 24.4 Å². The van der Waals surface area contributed by atoms with Crippen LogP contribution < -0.4 is 10.6 Å². The van der Waals surface area contributed by atoms with Crippen LogP contribution in [-0.2, 0) is 4.79 Å². The van der Waals surface area contributed by atoms with Crippen LogP contribution in [0.3, 0.4) is 0 Å². The van der Waals surface area contributed by atoms with E-state index in [4.69, 9.17) is 0 Å². The molecule has 1 aliphatic heterocycles. The Morgan fingerprint density at radius 2 is 1.85 bits per heavy atom. The number of nitrogens with zero attached hydrogens (tertiary/aromatic N) is 1. The Hall–Kier alpha value is -1.62. The molecule has 148 valence electrons. The fraction of sp³-hybridized carbons (Fsp3) is 0.500. The van der Waals surface area contributed by atoms with Crippen molar-refractivity contribution in [3.05, 3.63) is 48.0 Å². The number of carbonyl (C=O) groups is 1. The van der Waals surface area contributed by atoms with E-state index < -0.39 is 0 Å². The normalized spacial score (nSPS) is 16.7. The Morgan fingerprint density at radius 3 is 2.59 bits per heavy atom. The van der Waals surface area contributed by atoms with Gasteiger partial charge in [0, 0.05) is 0 Å². The Balaban J connectivity index is 0.00000261. The summed E-state index contributed by atoms with van der Waals surface area (Å²) in [5, 5.41) is 8.85. The van der Waals surface area contributed by atoms with Gasteiger partial charge in [0.1, 0.15) is 0 Å². The van der Waals surface area contributed by atoms with Crippen molar-refractivity contribution in [1.82, 2.24) is 15.5 Å². The molecule has 1 atom stereocenters. The molecular formula is C22H32ClN3O. The molecule has 1 fully saturated rings. The third-order valence-corrected chi connectivity index (χ3v) is 5.54. The maximum absolute atomic E-state index is 12.5. The number of benzene rings is 2. The van der Waals surface area contributed by atoms with Gasteiger partial charge in [0.25, 0.3) is 0 Å². The zero-order valence-electron chi connectivity index (χ0n) is 16.4. The zero-order valence-corrected chi connectivity index (χ0v) is 17.2. The van der Waals surface area contributed by atoms with E-state index in [0.717, 1.165) is 25.6 Å². The van der Waals surface area contributed by atoms with Crippen LogP contribution in [0.5, 0.6) is 0 Å². The van der Waals surface area contributed by atoms with E-state index in [1.165, 1.54) is 35.6 Å². The number of hydrogen-bond donors (Lipinski definition) is 2. The molecule has 0 aliphatic carbocycles. The largest absolute Gasteiger partial charge is 0.348 e. The molecule has 1 heterocycles. The van der Waals surface area contributed by atoms with Crippen LogP contribution in [0.25, 0.3) is 10.8 Å². The zero-order chi connectivity index (χ0) is 18.4. The van der Waals surface area contributed by atoms with Gasteiger partial charge in [-0.15, -0.1) is 12.4 Å². The average Bonchev–Trinajstić information content (AvgIpc) is 2.67. The lowest BCUT2D eigenvalue weighted by Crippen LogP contribution is -2.42. The maximum atomic E-state index is 12.5. The van der Waals surface area contributed by atoms with E-state index in [9.17, 15) is 4.79 Å². The number of fused-ring (bicyclic) bond motifs is 1. The monoisotopic (exact) mass is 389 g/mol. The van der Waals surface area contributed by atoms with Gasteiger partial charge in [-0.2, -0.15) is 0 Å². The minimum Gasteiger partial charge on any atom is -0.348 e. The molecule has 2 aromatic rings. The van der Waals surface area contributed by atoms with Crippen molar-refractivity contribution >= 4 is 29.1 Å². The van der Waals surface area contributed by atoms with Crippen LogP contribution in [0.1, 0.15) is 37.8 Å². The van der Waals surface area contributed by atoms with Crippen molar-refractivity contribution in [2.45, 2.75) is 32.2 Å². The lowest BCUT2D eigenvalue weighted by molar-refractivity contribution is -0.123. The minimum atomic E-state index is 0. The average molecular weight is 390 g/mol. The highest BCUT2D eigenvalue weighted by atomic mass is 35.5. The summed E-state index contributed by atoms with van der Waals surface area (Å²) in [5.74, 6) is 0.926. The van der Waals surface area contributed by atoms with Gasteiger partial charge < -0.3 is 10.6 Å². The predicted octanol–water partition coefficient (Wildman–Crippen LogP) is 3.76. The second-order valence-electron chi connectivity index (χ2n) is 7.47. The molecule has 1 amide bonds. The fourth-order valence-electron chi connectivity index (χ4n) is 3.98. The number of halogens is 1.